The molecule has 1 saturated carbocycles. The number of rotatable bonds is 24. The molecule has 0 bridgehead atoms. The molecule has 4 aromatic rings. The Balaban J connectivity index is 1.19. The first-order valence-corrected chi connectivity index (χ1v) is 24.7. The number of carbonyl (C=O) groups is 8. The number of hydrogen-bond acceptors (Lipinski definition) is 10. The Morgan fingerprint density at radius 1 is 0.667 bits per heavy atom. The Hall–Kier alpha value is -6.66. The first-order chi connectivity index (χ1) is 33.3. The van der Waals surface area contributed by atoms with Crippen molar-refractivity contribution >= 4 is 68.7 Å². The van der Waals surface area contributed by atoms with E-state index in [9.17, 15) is 38.4 Å². The van der Waals surface area contributed by atoms with Crippen LogP contribution in [-0.2, 0) is 57.6 Å². The molecule has 6 rings (SSSR count). The number of hydrogen-bond donors (Lipinski definition) is 8. The lowest BCUT2D eigenvalue weighted by Crippen LogP contribution is -2.65. The molecule has 368 valence electrons. The number of benzene rings is 3. The van der Waals surface area contributed by atoms with Gasteiger partial charge in [-0.15, -0.1) is 11.3 Å². The van der Waals surface area contributed by atoms with Crippen molar-refractivity contribution in [3.63, 3.8) is 0 Å². The summed E-state index contributed by atoms with van der Waals surface area (Å²) < 4.78 is 1.00. The molecular weight excluding hydrogens is 899 g/mol. The Bertz CT molecular complexity index is 2380. The number of carbonyl (C=O) groups excluding carboxylic acids is 8. The molecule has 1 saturated heterocycles. The van der Waals surface area contributed by atoms with Crippen molar-refractivity contribution in [1.82, 2.24) is 36.8 Å². The van der Waals surface area contributed by atoms with Crippen molar-refractivity contribution < 1.29 is 38.4 Å². The number of primary amides is 1. The van der Waals surface area contributed by atoms with E-state index < -0.39 is 83.5 Å². The van der Waals surface area contributed by atoms with Crippen LogP contribution in [0.25, 0.3) is 10.1 Å². The summed E-state index contributed by atoms with van der Waals surface area (Å²) in [6.07, 6.45) is 6.22. The summed E-state index contributed by atoms with van der Waals surface area (Å²) >= 11 is 1.48. The van der Waals surface area contributed by atoms with E-state index >= 15 is 0 Å². The monoisotopic (exact) mass is 963 g/mol. The number of fused-ring (bicyclic) bond motifs is 1. The molecule has 0 radical (unpaired) electrons. The highest BCUT2D eigenvalue weighted by molar-refractivity contribution is 7.19. The fraction of sp³-hybridized carbons (Fsp3) is 0.451. The second-order valence-corrected chi connectivity index (χ2v) is 19.2. The SMILES string of the molecule is CC(=O)NCC(=O)N[C@@H](Cc1ccccc1)C(=O)N[C@@H](CCCN)C(=O)N1CC[C@H]1C(=O)N[C@H](CC1CCCCC1)C(=O)N[C@@H](Cc1cc2ccccc2s1)C(=O)N[C@@H](Cc1ccccc1)C(N)=O. The summed E-state index contributed by atoms with van der Waals surface area (Å²) in [4.78, 5) is 111. The van der Waals surface area contributed by atoms with Gasteiger partial charge in [0, 0.05) is 42.3 Å². The molecule has 69 heavy (non-hydrogen) atoms. The lowest BCUT2D eigenvalue weighted by Gasteiger charge is -2.42. The third kappa shape index (κ3) is 15.4. The molecule has 2 aliphatic rings. The molecule has 8 amide bonds. The largest absolute Gasteiger partial charge is 0.368 e. The lowest BCUT2D eigenvalue weighted by atomic mass is 9.84. The van der Waals surface area contributed by atoms with Gasteiger partial charge in [-0.3, -0.25) is 38.4 Å². The van der Waals surface area contributed by atoms with Gasteiger partial charge >= 0.3 is 0 Å². The van der Waals surface area contributed by atoms with Crippen molar-refractivity contribution in [2.24, 2.45) is 17.4 Å². The van der Waals surface area contributed by atoms with Crippen LogP contribution < -0.4 is 43.4 Å². The molecular formula is C51H65N9O8S. The minimum Gasteiger partial charge on any atom is -0.368 e. The van der Waals surface area contributed by atoms with Gasteiger partial charge in [0.2, 0.25) is 47.3 Å². The van der Waals surface area contributed by atoms with E-state index in [4.69, 9.17) is 11.5 Å². The van der Waals surface area contributed by atoms with Crippen LogP contribution in [0.15, 0.2) is 91.0 Å². The number of nitrogens with zero attached hydrogens (tertiary/aromatic N) is 1. The molecule has 1 aliphatic heterocycles. The van der Waals surface area contributed by atoms with Crippen LogP contribution in [0.5, 0.6) is 0 Å². The summed E-state index contributed by atoms with van der Waals surface area (Å²) in [5.41, 5.74) is 13.2. The van der Waals surface area contributed by atoms with E-state index in [1.807, 2.05) is 66.7 Å². The molecule has 1 aliphatic carbocycles. The quantitative estimate of drug-likeness (QED) is 0.0512. The van der Waals surface area contributed by atoms with Crippen molar-refractivity contribution in [1.29, 1.82) is 0 Å². The van der Waals surface area contributed by atoms with Crippen LogP contribution in [0, 0.1) is 5.92 Å². The van der Waals surface area contributed by atoms with Crippen LogP contribution in [-0.4, -0.2) is 108 Å². The number of nitrogens with one attached hydrogen (secondary N) is 6. The molecule has 0 spiro atoms. The Morgan fingerprint density at radius 2 is 1.25 bits per heavy atom. The van der Waals surface area contributed by atoms with E-state index in [2.05, 4.69) is 31.9 Å². The highest BCUT2D eigenvalue weighted by atomic mass is 32.1. The van der Waals surface area contributed by atoms with Crippen molar-refractivity contribution in [2.75, 3.05) is 19.6 Å². The topological polar surface area (TPSA) is 264 Å². The average molecular weight is 964 g/mol. The van der Waals surface area contributed by atoms with Gasteiger partial charge in [-0.05, 0) is 66.8 Å². The maximum atomic E-state index is 14.6. The van der Waals surface area contributed by atoms with Crippen LogP contribution in [0.3, 0.4) is 0 Å². The second-order valence-electron chi connectivity index (χ2n) is 18.0. The minimum absolute atomic E-state index is 0.0987. The maximum absolute atomic E-state index is 14.6. The zero-order chi connectivity index (χ0) is 49.3. The van der Waals surface area contributed by atoms with Crippen molar-refractivity contribution in [3.05, 3.63) is 107 Å². The fourth-order valence-electron chi connectivity index (χ4n) is 8.91. The summed E-state index contributed by atoms with van der Waals surface area (Å²) in [5.74, 6) is -4.51. The first-order valence-electron chi connectivity index (χ1n) is 23.9. The van der Waals surface area contributed by atoms with E-state index in [1.54, 1.807) is 24.3 Å². The second kappa shape index (κ2) is 25.6. The Morgan fingerprint density at radius 3 is 1.84 bits per heavy atom. The molecule has 18 heteroatoms. The minimum atomic E-state index is -1.15. The predicted octanol–water partition coefficient (Wildman–Crippen LogP) is 2.28. The summed E-state index contributed by atoms with van der Waals surface area (Å²) in [7, 11) is 0. The van der Waals surface area contributed by atoms with Crippen LogP contribution >= 0.6 is 11.3 Å². The average Bonchev–Trinajstić information content (AvgIpc) is 3.74. The molecule has 17 nitrogen and oxygen atoms in total. The van der Waals surface area contributed by atoms with Gasteiger partial charge in [-0.1, -0.05) is 111 Å². The number of nitrogens with two attached hydrogens (primary N) is 2. The van der Waals surface area contributed by atoms with E-state index in [0.29, 0.717) is 19.3 Å². The van der Waals surface area contributed by atoms with Gasteiger partial charge < -0.3 is 48.3 Å². The highest BCUT2D eigenvalue weighted by Crippen LogP contribution is 2.29. The first kappa shape index (κ1) is 51.7. The third-order valence-electron chi connectivity index (χ3n) is 12.7. The van der Waals surface area contributed by atoms with Gasteiger partial charge in [0.05, 0.1) is 6.54 Å². The highest BCUT2D eigenvalue weighted by Gasteiger charge is 2.42. The van der Waals surface area contributed by atoms with E-state index in [-0.39, 0.29) is 51.2 Å². The molecule has 2 fully saturated rings. The Labute approximate surface area is 406 Å². The molecule has 6 atom stereocenters. The van der Waals surface area contributed by atoms with E-state index in [1.165, 1.54) is 23.2 Å². The van der Waals surface area contributed by atoms with Gasteiger partial charge in [0.15, 0.2) is 0 Å². The summed E-state index contributed by atoms with van der Waals surface area (Å²) in [6, 6.07) is 21.4. The number of thiophene rings is 1. The van der Waals surface area contributed by atoms with E-state index in [0.717, 1.165) is 58.2 Å². The molecule has 3 aromatic carbocycles. The molecule has 10 N–H and O–H groups in total. The zero-order valence-corrected chi connectivity index (χ0v) is 39.9. The normalized spacial score (nSPS) is 16.9. The lowest BCUT2D eigenvalue weighted by molar-refractivity contribution is -0.151. The van der Waals surface area contributed by atoms with Crippen LogP contribution in [0.4, 0.5) is 0 Å². The molecule has 2 heterocycles. The standard InChI is InChI=1S/C51H65N9O8S/c1-32(61)54-31-45(62)55-40(27-34-16-7-3-8-17-34)47(64)56-38(21-13-24-52)51(68)60-25-23-43(60)50(67)59-41(28-35-18-9-4-10-19-35)48(65)58-42(30-37-29-36-20-11-12-22-44(36)69-37)49(66)57-39(46(53)63)26-33-14-5-2-6-15-33/h2-3,5-8,11-12,14-17,20,22,29,35,38-43H,4,9-10,13,18-19,21,23-28,30-31,52H2,1H3,(H2,53,63)(H,54,61)(H,55,62)(H,56,64)(H,57,66)(H,58,65)(H,59,67)/t38-,39-,40-,41+,42-,43-/m0/s1. The zero-order valence-electron chi connectivity index (χ0n) is 39.1. The van der Waals surface area contributed by atoms with Crippen molar-refractivity contribution in [2.45, 2.75) is 120 Å². The Kier molecular flexibility index (Phi) is 19.2. The summed E-state index contributed by atoms with van der Waals surface area (Å²) in [5, 5.41) is 17.6. The fourth-order valence-corrected chi connectivity index (χ4v) is 10.0. The van der Waals surface area contributed by atoms with Gasteiger partial charge in [-0.2, -0.15) is 0 Å². The third-order valence-corrected chi connectivity index (χ3v) is 13.9. The van der Waals surface area contributed by atoms with Gasteiger partial charge in [0.25, 0.3) is 0 Å². The van der Waals surface area contributed by atoms with Crippen molar-refractivity contribution in [3.8, 4) is 0 Å². The predicted molar refractivity (Wildman–Crippen MR) is 263 cm³/mol. The van der Waals surface area contributed by atoms with Gasteiger partial charge in [0.1, 0.15) is 36.3 Å². The molecule has 1 aromatic heterocycles. The van der Waals surface area contributed by atoms with Crippen LogP contribution in [0.2, 0.25) is 0 Å². The van der Waals surface area contributed by atoms with Gasteiger partial charge in [-0.25, -0.2) is 0 Å². The number of amides is 8. The van der Waals surface area contributed by atoms with Crippen LogP contribution in [0.1, 0.15) is 80.7 Å². The maximum Gasteiger partial charge on any atom is 0.245 e. The summed E-state index contributed by atoms with van der Waals surface area (Å²) in [6.45, 7) is 1.36. The number of likely N-dealkylation sites (tertiary alicyclic amines) is 1. The smallest absolute Gasteiger partial charge is 0.245 e. The molecule has 0 unspecified atom stereocenters.